The third-order valence-electron chi connectivity index (χ3n) is 17.3. The highest BCUT2D eigenvalue weighted by molar-refractivity contribution is 5.76. The van der Waals surface area contributed by atoms with Gasteiger partial charge in [0.05, 0.1) is 25.4 Å². The van der Waals surface area contributed by atoms with Crippen molar-refractivity contribution in [2.45, 2.75) is 371 Å². The van der Waals surface area contributed by atoms with E-state index in [-0.39, 0.29) is 12.5 Å². The molecule has 0 saturated carbocycles. The van der Waals surface area contributed by atoms with Gasteiger partial charge in [-0.3, -0.25) is 4.79 Å². The number of ether oxygens (including phenoxy) is 2. The SMILES string of the molecule is CC/C=C\C/C=C\C/C=C\C/C=C\C/C=C\C/C=C\C/C=C\C/C=C\C/C=C\CCCCCCCCCCCC(=O)NC(COC1OC(CO)C(O)C(O)C1O)C(O)/C=C/CCCCCCCCCCCCCCCCCCCCCCCCCCCCCC. The van der Waals surface area contributed by atoms with Gasteiger partial charge in [-0.15, -0.1) is 0 Å². The minimum atomic E-state index is -1.58. The van der Waals surface area contributed by atoms with Crippen LogP contribution in [0.5, 0.6) is 0 Å². The molecule has 1 amide bonds. The summed E-state index contributed by atoms with van der Waals surface area (Å²) in [7, 11) is 0. The number of allylic oxidation sites excluding steroid dienone is 19. The summed E-state index contributed by atoms with van der Waals surface area (Å²) in [5, 5.41) is 54.9. The molecule has 1 saturated heterocycles. The van der Waals surface area contributed by atoms with Crippen LogP contribution in [0.15, 0.2) is 122 Å². The highest BCUT2D eigenvalue weighted by Gasteiger charge is 2.44. The predicted molar refractivity (Wildman–Crippen MR) is 387 cm³/mol. The Morgan fingerprint density at radius 2 is 0.689 bits per heavy atom. The lowest BCUT2D eigenvalue weighted by molar-refractivity contribution is -0.302. The highest BCUT2D eigenvalue weighted by atomic mass is 16.7. The molecule has 0 aliphatic carbocycles. The molecule has 6 N–H and O–H groups in total. The highest BCUT2D eigenvalue weighted by Crippen LogP contribution is 2.23. The molecule has 0 radical (unpaired) electrons. The molecule has 90 heavy (non-hydrogen) atoms. The summed E-state index contributed by atoms with van der Waals surface area (Å²) in [6.07, 6.45) is 96.0. The molecule has 0 bridgehead atoms. The zero-order valence-corrected chi connectivity index (χ0v) is 58.1. The Kier molecular flexibility index (Phi) is 64.3. The Morgan fingerprint density at radius 1 is 0.389 bits per heavy atom. The fraction of sp³-hybridized carbons (Fsp3) is 0.741. The first-order valence-electron chi connectivity index (χ1n) is 37.8. The van der Waals surface area contributed by atoms with Crippen LogP contribution >= 0.6 is 0 Å². The molecule has 9 heteroatoms. The number of aliphatic hydroxyl groups is 5. The fourth-order valence-electron chi connectivity index (χ4n) is 11.4. The van der Waals surface area contributed by atoms with Gasteiger partial charge in [-0.25, -0.2) is 0 Å². The summed E-state index contributed by atoms with van der Waals surface area (Å²) < 4.78 is 11.3. The van der Waals surface area contributed by atoms with E-state index in [1.165, 1.54) is 199 Å². The van der Waals surface area contributed by atoms with Gasteiger partial charge in [-0.2, -0.15) is 0 Å². The zero-order chi connectivity index (χ0) is 64.9. The molecule has 518 valence electrons. The number of carbonyl (C=O) groups is 1. The van der Waals surface area contributed by atoms with Crippen molar-refractivity contribution >= 4 is 5.91 Å². The Balaban J connectivity index is 2.14. The number of hydrogen-bond donors (Lipinski definition) is 6. The van der Waals surface area contributed by atoms with Crippen molar-refractivity contribution in [2.75, 3.05) is 13.2 Å². The molecule has 1 heterocycles. The monoisotopic (exact) mass is 1260 g/mol. The molecule has 1 fully saturated rings. The second-order valence-electron chi connectivity index (χ2n) is 25.7. The van der Waals surface area contributed by atoms with Crippen molar-refractivity contribution in [1.82, 2.24) is 5.32 Å². The number of carbonyl (C=O) groups excluding carboxylic acids is 1. The van der Waals surface area contributed by atoms with E-state index in [1.807, 2.05) is 6.08 Å². The van der Waals surface area contributed by atoms with Crippen LogP contribution in [0.2, 0.25) is 0 Å². The molecule has 1 rings (SSSR count). The van der Waals surface area contributed by atoms with E-state index in [0.717, 1.165) is 109 Å². The van der Waals surface area contributed by atoms with Gasteiger partial charge < -0.3 is 40.3 Å². The van der Waals surface area contributed by atoms with Gasteiger partial charge in [0.1, 0.15) is 24.4 Å². The van der Waals surface area contributed by atoms with E-state index in [4.69, 9.17) is 9.47 Å². The Morgan fingerprint density at radius 3 is 1.02 bits per heavy atom. The van der Waals surface area contributed by atoms with Crippen molar-refractivity contribution in [1.29, 1.82) is 0 Å². The van der Waals surface area contributed by atoms with Crippen LogP contribution in [-0.2, 0) is 14.3 Å². The standard InChI is InChI=1S/C81H141NO8/c1-3-5-7-9-11-13-15-17-19-21-23-25-27-29-31-33-35-36-37-38-39-40-41-43-45-47-49-51-53-55-57-59-61-63-65-67-69-71-77(85)82-74(73-89-81-80(88)79(87)78(86)76(72-83)90-81)75(84)70-68-66-64-62-60-58-56-54-52-50-48-46-44-42-34-32-30-28-26-24-22-20-18-16-14-12-10-8-6-4-2/h5,7,11,13,17,19,23,25,29,31,35-36,38-39,41,43,47,49,68,70,74-76,78-81,83-84,86-88H,3-4,6,8-10,12,14-16,18,20-22,24,26-28,30,32-34,37,40,42,44-46,48,50-67,69,71-73H2,1-2H3,(H,82,85)/b7-5-,13-11-,19-17-,25-23-,31-29-,36-35-,39-38-,43-41-,49-47-,70-68+. The maximum Gasteiger partial charge on any atom is 0.220 e. The summed E-state index contributed by atoms with van der Waals surface area (Å²) in [5.41, 5.74) is 0. The summed E-state index contributed by atoms with van der Waals surface area (Å²) in [5.74, 6) is -0.184. The first-order valence-corrected chi connectivity index (χ1v) is 37.8. The van der Waals surface area contributed by atoms with Crippen molar-refractivity contribution in [3.05, 3.63) is 122 Å². The van der Waals surface area contributed by atoms with Crippen molar-refractivity contribution < 1.29 is 39.8 Å². The van der Waals surface area contributed by atoms with E-state index in [1.54, 1.807) is 6.08 Å². The van der Waals surface area contributed by atoms with Gasteiger partial charge >= 0.3 is 0 Å². The quantitative estimate of drug-likeness (QED) is 0.0261. The van der Waals surface area contributed by atoms with Crippen molar-refractivity contribution in [2.24, 2.45) is 0 Å². The minimum absolute atomic E-state index is 0.184. The Hall–Kier alpha value is -3.41. The molecule has 0 aromatic rings. The maximum atomic E-state index is 13.2. The molecule has 0 aromatic carbocycles. The zero-order valence-electron chi connectivity index (χ0n) is 58.1. The number of hydrogen-bond acceptors (Lipinski definition) is 8. The van der Waals surface area contributed by atoms with Crippen LogP contribution in [-0.4, -0.2) is 87.5 Å². The van der Waals surface area contributed by atoms with Gasteiger partial charge in [0, 0.05) is 6.42 Å². The van der Waals surface area contributed by atoms with Gasteiger partial charge in [0.25, 0.3) is 0 Å². The topological polar surface area (TPSA) is 149 Å². The summed E-state index contributed by atoms with van der Waals surface area (Å²) in [4.78, 5) is 13.2. The minimum Gasteiger partial charge on any atom is -0.394 e. The Labute approximate surface area is 554 Å². The summed E-state index contributed by atoms with van der Waals surface area (Å²) in [6, 6.07) is -0.819. The van der Waals surface area contributed by atoms with Crippen LogP contribution < -0.4 is 5.32 Å². The van der Waals surface area contributed by atoms with Crippen LogP contribution in [0.4, 0.5) is 0 Å². The van der Waals surface area contributed by atoms with Crippen LogP contribution in [0.3, 0.4) is 0 Å². The van der Waals surface area contributed by atoms with E-state index in [2.05, 4.69) is 129 Å². The lowest BCUT2D eigenvalue weighted by Gasteiger charge is -2.40. The fourth-order valence-corrected chi connectivity index (χ4v) is 11.4. The van der Waals surface area contributed by atoms with Gasteiger partial charge in [-0.05, 0) is 89.9 Å². The molecule has 1 aliphatic rings. The lowest BCUT2D eigenvalue weighted by atomic mass is 9.99. The van der Waals surface area contributed by atoms with Gasteiger partial charge in [0.15, 0.2) is 6.29 Å². The number of nitrogens with one attached hydrogen (secondary N) is 1. The lowest BCUT2D eigenvalue weighted by Crippen LogP contribution is -2.60. The molecule has 9 nitrogen and oxygen atoms in total. The van der Waals surface area contributed by atoms with Crippen molar-refractivity contribution in [3.63, 3.8) is 0 Å². The number of rotatable bonds is 65. The molecule has 7 unspecified atom stereocenters. The molecule has 1 aliphatic heterocycles. The molecule has 0 aromatic heterocycles. The van der Waals surface area contributed by atoms with E-state index >= 15 is 0 Å². The normalized spacial score (nSPS) is 18.5. The van der Waals surface area contributed by atoms with Crippen LogP contribution in [0.1, 0.15) is 328 Å². The van der Waals surface area contributed by atoms with E-state index in [0.29, 0.717) is 6.42 Å². The number of amides is 1. The first kappa shape index (κ1) is 84.6. The van der Waals surface area contributed by atoms with E-state index in [9.17, 15) is 30.3 Å². The van der Waals surface area contributed by atoms with Gasteiger partial charge in [-0.1, -0.05) is 354 Å². The molecular weight excluding hydrogens is 1110 g/mol. The average Bonchev–Trinajstić information content (AvgIpc) is 1.28. The first-order chi connectivity index (χ1) is 44.3. The number of aliphatic hydroxyl groups excluding tert-OH is 5. The summed E-state index contributed by atoms with van der Waals surface area (Å²) >= 11 is 0. The molecule has 7 atom stereocenters. The number of unbranched alkanes of at least 4 members (excludes halogenated alkanes) is 37. The van der Waals surface area contributed by atoms with Gasteiger partial charge in [0.2, 0.25) is 5.91 Å². The summed E-state index contributed by atoms with van der Waals surface area (Å²) in [6.45, 7) is 3.69. The van der Waals surface area contributed by atoms with E-state index < -0.39 is 49.5 Å². The predicted octanol–water partition coefficient (Wildman–Crippen LogP) is 21.4. The molecular formula is C81H141NO8. The maximum absolute atomic E-state index is 13.2. The third-order valence-corrected chi connectivity index (χ3v) is 17.3. The Bertz CT molecular complexity index is 1840. The molecule has 0 spiro atoms. The van der Waals surface area contributed by atoms with Crippen LogP contribution in [0.25, 0.3) is 0 Å². The second-order valence-corrected chi connectivity index (χ2v) is 25.7. The largest absolute Gasteiger partial charge is 0.394 e. The second kappa shape index (κ2) is 68.4. The smallest absolute Gasteiger partial charge is 0.220 e. The third kappa shape index (κ3) is 56.2. The average molecular weight is 1260 g/mol. The van der Waals surface area contributed by atoms with Crippen LogP contribution in [0, 0.1) is 0 Å². The van der Waals surface area contributed by atoms with Crippen molar-refractivity contribution in [3.8, 4) is 0 Å².